The lowest BCUT2D eigenvalue weighted by Crippen LogP contribution is -2.43. The van der Waals surface area contributed by atoms with Gasteiger partial charge in [-0.1, -0.05) is 19.3 Å². The van der Waals surface area contributed by atoms with E-state index in [0.29, 0.717) is 24.9 Å². The standard InChI is InChI=1S/C20H32N6O2/c1-20(2)18(27)26(19(28)22-20)12-11-25-10-6-9-15(13-25)17-21-16(23-24-17)14-7-4-3-5-8-14/h14-15H,3-13H2,1-2H3,(H,22,28)(H,21,23,24). The predicted molar refractivity (Wildman–Crippen MR) is 105 cm³/mol. The number of piperidine rings is 1. The van der Waals surface area contributed by atoms with Gasteiger partial charge in [0, 0.05) is 31.5 Å². The Morgan fingerprint density at radius 2 is 1.79 bits per heavy atom. The topological polar surface area (TPSA) is 94.2 Å². The van der Waals surface area contributed by atoms with Crippen molar-refractivity contribution in [2.24, 2.45) is 0 Å². The minimum absolute atomic E-state index is 0.142. The average Bonchev–Trinajstić information content (AvgIpc) is 3.25. The average molecular weight is 389 g/mol. The lowest BCUT2D eigenvalue weighted by Gasteiger charge is -2.32. The number of rotatable bonds is 5. The Morgan fingerprint density at radius 1 is 1.04 bits per heavy atom. The van der Waals surface area contributed by atoms with Crippen molar-refractivity contribution in [1.29, 1.82) is 0 Å². The molecule has 1 atom stereocenters. The number of hydrogen-bond donors (Lipinski definition) is 2. The van der Waals surface area contributed by atoms with E-state index in [1.807, 2.05) is 0 Å². The Labute approximate surface area is 166 Å². The molecule has 28 heavy (non-hydrogen) atoms. The lowest BCUT2D eigenvalue weighted by atomic mass is 9.89. The summed E-state index contributed by atoms with van der Waals surface area (Å²) in [6.45, 7) is 6.50. The number of carbonyl (C=O) groups excluding carboxylic acids is 2. The SMILES string of the molecule is CC1(C)NC(=O)N(CCN2CCCC(c3n[nH]c(C4CCCCC4)n3)C2)C1=O. The van der Waals surface area contributed by atoms with E-state index in [1.54, 1.807) is 13.8 Å². The largest absolute Gasteiger partial charge is 0.325 e. The molecule has 1 unspecified atom stereocenters. The Bertz CT molecular complexity index is 724. The molecule has 0 radical (unpaired) electrons. The third kappa shape index (κ3) is 3.92. The zero-order valence-corrected chi connectivity index (χ0v) is 17.0. The van der Waals surface area contributed by atoms with E-state index < -0.39 is 5.54 Å². The lowest BCUT2D eigenvalue weighted by molar-refractivity contribution is -0.130. The second-order valence-corrected chi connectivity index (χ2v) is 9.07. The van der Waals surface area contributed by atoms with Crippen LogP contribution in [0.3, 0.4) is 0 Å². The van der Waals surface area contributed by atoms with Gasteiger partial charge in [-0.05, 0) is 46.1 Å². The van der Waals surface area contributed by atoms with Crippen molar-refractivity contribution in [3.05, 3.63) is 11.6 Å². The van der Waals surface area contributed by atoms with E-state index in [4.69, 9.17) is 4.98 Å². The summed E-state index contributed by atoms with van der Waals surface area (Å²) in [6.07, 6.45) is 8.53. The highest BCUT2D eigenvalue weighted by molar-refractivity contribution is 6.06. The number of likely N-dealkylation sites (tertiary alicyclic amines) is 1. The molecular weight excluding hydrogens is 356 g/mol. The van der Waals surface area contributed by atoms with Crippen LogP contribution in [0.2, 0.25) is 0 Å². The summed E-state index contributed by atoms with van der Waals surface area (Å²) in [5.74, 6) is 2.71. The van der Waals surface area contributed by atoms with E-state index in [2.05, 4.69) is 20.4 Å². The van der Waals surface area contributed by atoms with Gasteiger partial charge in [0.1, 0.15) is 11.4 Å². The first-order valence-corrected chi connectivity index (χ1v) is 10.7. The molecule has 3 heterocycles. The van der Waals surface area contributed by atoms with Crippen LogP contribution in [0.1, 0.15) is 82.3 Å². The molecule has 2 aliphatic heterocycles. The molecule has 0 aromatic carbocycles. The van der Waals surface area contributed by atoms with E-state index in [-0.39, 0.29) is 11.9 Å². The van der Waals surface area contributed by atoms with E-state index in [9.17, 15) is 9.59 Å². The normalized spacial score (nSPS) is 26.6. The molecule has 8 nitrogen and oxygen atoms in total. The molecule has 1 aromatic heterocycles. The van der Waals surface area contributed by atoms with Gasteiger partial charge < -0.3 is 10.2 Å². The Kier molecular flexibility index (Phi) is 5.40. The third-order valence-electron chi connectivity index (χ3n) is 6.47. The van der Waals surface area contributed by atoms with Crippen molar-refractivity contribution < 1.29 is 9.59 Å². The molecule has 2 N–H and O–H groups in total. The second-order valence-electron chi connectivity index (χ2n) is 9.07. The molecule has 8 heteroatoms. The first kappa shape index (κ1) is 19.4. The number of aromatic amines is 1. The number of hydrogen-bond acceptors (Lipinski definition) is 5. The van der Waals surface area contributed by atoms with Crippen molar-refractivity contribution in [3.63, 3.8) is 0 Å². The summed E-state index contributed by atoms with van der Waals surface area (Å²) in [6, 6.07) is -0.283. The van der Waals surface area contributed by atoms with Crippen LogP contribution in [-0.2, 0) is 4.79 Å². The molecule has 1 aromatic rings. The molecule has 0 bridgehead atoms. The minimum atomic E-state index is -0.796. The van der Waals surface area contributed by atoms with Crippen LogP contribution in [-0.4, -0.2) is 68.6 Å². The van der Waals surface area contributed by atoms with E-state index >= 15 is 0 Å². The van der Waals surface area contributed by atoms with Gasteiger partial charge in [-0.15, -0.1) is 0 Å². The summed E-state index contributed by atoms with van der Waals surface area (Å²) in [5, 5.41) is 10.5. The quantitative estimate of drug-likeness (QED) is 0.755. The van der Waals surface area contributed by atoms with Crippen molar-refractivity contribution >= 4 is 11.9 Å². The van der Waals surface area contributed by atoms with Gasteiger partial charge in [0.25, 0.3) is 5.91 Å². The molecule has 1 saturated carbocycles. The Morgan fingerprint density at radius 3 is 2.50 bits per heavy atom. The van der Waals surface area contributed by atoms with Crippen LogP contribution >= 0.6 is 0 Å². The minimum Gasteiger partial charge on any atom is -0.324 e. The first-order valence-electron chi connectivity index (χ1n) is 10.7. The van der Waals surface area contributed by atoms with Crippen LogP contribution in [0.15, 0.2) is 0 Å². The highest BCUT2D eigenvalue weighted by Crippen LogP contribution is 2.32. The smallest absolute Gasteiger partial charge is 0.324 e. The van der Waals surface area contributed by atoms with Crippen LogP contribution < -0.4 is 5.32 Å². The van der Waals surface area contributed by atoms with Gasteiger partial charge in [-0.3, -0.25) is 14.8 Å². The van der Waals surface area contributed by atoms with Crippen molar-refractivity contribution in [2.45, 2.75) is 76.2 Å². The van der Waals surface area contributed by atoms with Gasteiger partial charge in [0.15, 0.2) is 5.82 Å². The molecule has 4 rings (SSSR count). The Hall–Kier alpha value is -1.96. The molecule has 0 spiro atoms. The number of H-pyrrole nitrogens is 1. The maximum absolute atomic E-state index is 12.3. The monoisotopic (exact) mass is 388 g/mol. The number of nitrogens with one attached hydrogen (secondary N) is 2. The van der Waals surface area contributed by atoms with Gasteiger partial charge in [0.2, 0.25) is 0 Å². The third-order valence-corrected chi connectivity index (χ3v) is 6.47. The number of aromatic nitrogens is 3. The van der Waals surface area contributed by atoms with E-state index in [1.165, 1.54) is 37.0 Å². The highest BCUT2D eigenvalue weighted by Gasteiger charge is 2.44. The van der Waals surface area contributed by atoms with Crippen LogP contribution in [0, 0.1) is 0 Å². The molecule has 2 saturated heterocycles. The number of carbonyl (C=O) groups is 2. The second kappa shape index (κ2) is 7.81. The maximum atomic E-state index is 12.3. The number of imide groups is 1. The van der Waals surface area contributed by atoms with Gasteiger partial charge in [-0.25, -0.2) is 9.78 Å². The summed E-state index contributed by atoms with van der Waals surface area (Å²) in [7, 11) is 0. The van der Waals surface area contributed by atoms with Gasteiger partial charge >= 0.3 is 6.03 Å². The van der Waals surface area contributed by atoms with Crippen molar-refractivity contribution in [3.8, 4) is 0 Å². The first-order chi connectivity index (χ1) is 13.4. The zero-order chi connectivity index (χ0) is 19.7. The zero-order valence-electron chi connectivity index (χ0n) is 17.0. The maximum Gasteiger partial charge on any atom is 0.325 e. The predicted octanol–water partition coefficient (Wildman–Crippen LogP) is 2.36. The summed E-state index contributed by atoms with van der Waals surface area (Å²) < 4.78 is 0. The molecule has 3 amide bonds. The number of nitrogens with zero attached hydrogens (tertiary/aromatic N) is 4. The number of amides is 3. The van der Waals surface area contributed by atoms with Crippen molar-refractivity contribution in [1.82, 2.24) is 30.3 Å². The molecular formula is C20H32N6O2. The van der Waals surface area contributed by atoms with Gasteiger partial charge in [-0.2, -0.15) is 5.10 Å². The molecule has 154 valence electrons. The highest BCUT2D eigenvalue weighted by atomic mass is 16.2. The van der Waals surface area contributed by atoms with Crippen molar-refractivity contribution in [2.75, 3.05) is 26.2 Å². The summed E-state index contributed by atoms with van der Waals surface area (Å²) >= 11 is 0. The molecule has 3 aliphatic rings. The van der Waals surface area contributed by atoms with Crippen LogP contribution in [0.5, 0.6) is 0 Å². The Balaban J connectivity index is 1.33. The fourth-order valence-electron chi connectivity index (χ4n) is 4.76. The fraction of sp³-hybridized carbons (Fsp3) is 0.800. The van der Waals surface area contributed by atoms with Crippen LogP contribution in [0.4, 0.5) is 4.79 Å². The van der Waals surface area contributed by atoms with Gasteiger partial charge in [0.05, 0.1) is 0 Å². The molecule has 3 fully saturated rings. The van der Waals surface area contributed by atoms with E-state index in [0.717, 1.165) is 37.6 Å². The summed E-state index contributed by atoms with van der Waals surface area (Å²) in [4.78, 5) is 32.9. The number of urea groups is 1. The van der Waals surface area contributed by atoms with Crippen LogP contribution in [0.25, 0.3) is 0 Å². The fourth-order valence-corrected chi connectivity index (χ4v) is 4.76. The summed E-state index contributed by atoms with van der Waals surface area (Å²) in [5.41, 5.74) is -0.796. The molecule has 1 aliphatic carbocycles.